The van der Waals surface area contributed by atoms with Gasteiger partial charge in [-0.25, -0.2) is 0 Å². The largest absolute Gasteiger partial charge is 0.381 e. The molecule has 4 rings (SSSR count). The summed E-state index contributed by atoms with van der Waals surface area (Å²) in [5.74, 6) is 0.718. The van der Waals surface area contributed by atoms with Gasteiger partial charge in [-0.1, -0.05) is 35.5 Å². The maximum Gasteiger partial charge on any atom is 0.233 e. The first-order valence-corrected chi connectivity index (χ1v) is 8.55. The Balaban J connectivity index is 1.47. The summed E-state index contributed by atoms with van der Waals surface area (Å²) < 4.78 is 7.37. The molecule has 0 spiro atoms. The zero-order chi connectivity index (χ0) is 16.4. The fourth-order valence-electron chi connectivity index (χ4n) is 3.85. The number of hydrogen-bond donors (Lipinski definition) is 0. The normalized spacial score (nSPS) is 20.6. The molecule has 0 bridgehead atoms. The molecular formula is C18H22N4O2. The molecule has 24 heavy (non-hydrogen) atoms. The molecular weight excluding hydrogens is 304 g/mol. The summed E-state index contributed by atoms with van der Waals surface area (Å²) >= 11 is 0. The Bertz CT molecular complexity index is 674. The number of likely N-dealkylation sites (tertiary alicyclic amines) is 1. The van der Waals surface area contributed by atoms with Gasteiger partial charge < -0.3 is 9.64 Å². The molecule has 6 heteroatoms. The molecule has 0 aliphatic carbocycles. The molecule has 2 aliphatic heterocycles. The zero-order valence-electron chi connectivity index (χ0n) is 13.7. The first-order valence-electron chi connectivity index (χ1n) is 8.55. The van der Waals surface area contributed by atoms with Crippen LogP contribution in [0.5, 0.6) is 0 Å². The molecule has 0 radical (unpaired) electrons. The molecule has 1 amide bonds. The van der Waals surface area contributed by atoms with Crippen molar-refractivity contribution in [3.63, 3.8) is 0 Å². The molecule has 0 atom stereocenters. The Kier molecular flexibility index (Phi) is 4.06. The summed E-state index contributed by atoms with van der Waals surface area (Å²) in [5, 5.41) is 7.84. The van der Waals surface area contributed by atoms with Gasteiger partial charge in [0.1, 0.15) is 0 Å². The highest BCUT2D eigenvalue weighted by molar-refractivity contribution is 5.89. The standard InChI is InChI=1S/C18H22N4O2/c23-17(21-12-15(13-21)14-22-9-8-19-20-22)18(6-10-24-11-7-18)16-4-2-1-3-5-16/h1-5,8-9,15H,6-7,10-14H2. The Morgan fingerprint density at radius 1 is 1.21 bits per heavy atom. The van der Waals surface area contributed by atoms with Crippen LogP contribution in [0.3, 0.4) is 0 Å². The Morgan fingerprint density at radius 3 is 2.62 bits per heavy atom. The molecule has 2 fully saturated rings. The lowest BCUT2D eigenvalue weighted by molar-refractivity contribution is -0.148. The van der Waals surface area contributed by atoms with E-state index >= 15 is 0 Å². The zero-order valence-corrected chi connectivity index (χ0v) is 13.7. The summed E-state index contributed by atoms with van der Waals surface area (Å²) in [5.41, 5.74) is 0.704. The molecule has 2 aromatic rings. The minimum atomic E-state index is -0.419. The van der Waals surface area contributed by atoms with Crippen LogP contribution in [0.25, 0.3) is 0 Å². The number of benzene rings is 1. The van der Waals surface area contributed by atoms with Crippen molar-refractivity contribution in [2.24, 2.45) is 5.92 Å². The minimum Gasteiger partial charge on any atom is -0.381 e. The maximum absolute atomic E-state index is 13.3. The van der Waals surface area contributed by atoms with Crippen molar-refractivity contribution < 1.29 is 9.53 Å². The molecule has 0 saturated carbocycles. The third kappa shape index (κ3) is 2.71. The molecule has 2 saturated heterocycles. The molecule has 1 aromatic carbocycles. The lowest BCUT2D eigenvalue weighted by Crippen LogP contribution is -2.58. The van der Waals surface area contributed by atoms with E-state index in [4.69, 9.17) is 4.74 Å². The van der Waals surface area contributed by atoms with Crippen molar-refractivity contribution in [2.45, 2.75) is 24.8 Å². The smallest absolute Gasteiger partial charge is 0.233 e. The number of rotatable bonds is 4. The van der Waals surface area contributed by atoms with Crippen LogP contribution in [0.15, 0.2) is 42.7 Å². The summed E-state index contributed by atoms with van der Waals surface area (Å²) in [6.45, 7) is 3.72. The van der Waals surface area contributed by atoms with Gasteiger partial charge in [0.15, 0.2) is 0 Å². The van der Waals surface area contributed by atoms with E-state index in [-0.39, 0.29) is 5.91 Å². The van der Waals surface area contributed by atoms with Crippen molar-refractivity contribution in [3.8, 4) is 0 Å². The fourth-order valence-corrected chi connectivity index (χ4v) is 3.85. The molecule has 1 aromatic heterocycles. The van der Waals surface area contributed by atoms with Gasteiger partial charge in [-0.2, -0.15) is 0 Å². The van der Waals surface area contributed by atoms with Crippen molar-refractivity contribution in [3.05, 3.63) is 48.3 Å². The second kappa shape index (κ2) is 6.36. The van der Waals surface area contributed by atoms with Gasteiger partial charge in [0, 0.05) is 45.0 Å². The number of hydrogen-bond acceptors (Lipinski definition) is 4. The molecule has 6 nitrogen and oxygen atoms in total. The molecule has 0 unspecified atom stereocenters. The number of amides is 1. The maximum atomic E-state index is 13.3. The van der Waals surface area contributed by atoms with Gasteiger partial charge in [0.05, 0.1) is 11.6 Å². The van der Waals surface area contributed by atoms with E-state index in [1.807, 2.05) is 34.0 Å². The number of nitrogens with zero attached hydrogens (tertiary/aromatic N) is 4. The first-order chi connectivity index (χ1) is 11.8. The third-order valence-corrected chi connectivity index (χ3v) is 5.24. The topological polar surface area (TPSA) is 60.2 Å². The minimum absolute atomic E-state index is 0.256. The van der Waals surface area contributed by atoms with E-state index in [0.29, 0.717) is 19.1 Å². The number of carbonyl (C=O) groups is 1. The van der Waals surface area contributed by atoms with Gasteiger partial charge >= 0.3 is 0 Å². The Hall–Kier alpha value is -2.21. The van der Waals surface area contributed by atoms with Crippen LogP contribution in [-0.2, 0) is 21.5 Å². The average Bonchev–Trinajstić information content (AvgIpc) is 3.12. The van der Waals surface area contributed by atoms with Gasteiger partial charge in [-0.15, -0.1) is 5.10 Å². The second-order valence-electron chi connectivity index (χ2n) is 6.76. The van der Waals surface area contributed by atoms with Crippen LogP contribution in [0, 0.1) is 5.92 Å². The first kappa shape index (κ1) is 15.3. The van der Waals surface area contributed by atoms with Crippen LogP contribution in [0.1, 0.15) is 18.4 Å². The van der Waals surface area contributed by atoms with E-state index in [1.54, 1.807) is 6.20 Å². The predicted octanol–water partition coefficient (Wildman–Crippen LogP) is 1.48. The third-order valence-electron chi connectivity index (χ3n) is 5.24. The van der Waals surface area contributed by atoms with Crippen LogP contribution < -0.4 is 0 Å². The Morgan fingerprint density at radius 2 is 1.96 bits per heavy atom. The molecule has 3 heterocycles. The number of carbonyl (C=O) groups excluding carboxylic acids is 1. The molecule has 126 valence electrons. The summed E-state index contributed by atoms with van der Waals surface area (Å²) in [4.78, 5) is 15.3. The van der Waals surface area contributed by atoms with Gasteiger partial charge in [0.25, 0.3) is 0 Å². The number of aromatic nitrogens is 3. The lowest BCUT2D eigenvalue weighted by atomic mass is 9.72. The van der Waals surface area contributed by atoms with Crippen LogP contribution in [0.4, 0.5) is 0 Å². The highest BCUT2D eigenvalue weighted by atomic mass is 16.5. The predicted molar refractivity (Wildman–Crippen MR) is 88.3 cm³/mol. The Labute approximate surface area is 141 Å². The van der Waals surface area contributed by atoms with E-state index in [9.17, 15) is 4.79 Å². The van der Waals surface area contributed by atoms with Crippen molar-refractivity contribution in [1.82, 2.24) is 19.9 Å². The van der Waals surface area contributed by atoms with Gasteiger partial charge in [0.2, 0.25) is 5.91 Å². The SMILES string of the molecule is O=C(N1CC(Cn2ccnn2)C1)C1(c2ccccc2)CCOCC1. The van der Waals surface area contributed by atoms with E-state index in [2.05, 4.69) is 22.4 Å². The quantitative estimate of drug-likeness (QED) is 0.854. The summed E-state index contributed by atoms with van der Waals surface area (Å²) in [6, 6.07) is 10.2. The second-order valence-corrected chi connectivity index (χ2v) is 6.76. The van der Waals surface area contributed by atoms with Crippen molar-refractivity contribution >= 4 is 5.91 Å². The van der Waals surface area contributed by atoms with Gasteiger partial charge in [-0.3, -0.25) is 9.48 Å². The molecule has 2 aliphatic rings. The highest BCUT2D eigenvalue weighted by Crippen LogP contribution is 2.38. The van der Waals surface area contributed by atoms with Crippen LogP contribution in [-0.4, -0.2) is 52.1 Å². The van der Waals surface area contributed by atoms with Gasteiger partial charge in [-0.05, 0) is 18.4 Å². The van der Waals surface area contributed by atoms with E-state index in [1.165, 1.54) is 0 Å². The van der Waals surface area contributed by atoms with Crippen molar-refractivity contribution in [2.75, 3.05) is 26.3 Å². The summed E-state index contributed by atoms with van der Waals surface area (Å²) in [7, 11) is 0. The number of ether oxygens (including phenoxy) is 1. The van der Waals surface area contributed by atoms with Crippen molar-refractivity contribution in [1.29, 1.82) is 0 Å². The summed E-state index contributed by atoms with van der Waals surface area (Å²) in [6.07, 6.45) is 5.09. The highest BCUT2D eigenvalue weighted by Gasteiger charge is 2.46. The van der Waals surface area contributed by atoms with Crippen LogP contribution >= 0.6 is 0 Å². The molecule has 0 N–H and O–H groups in total. The monoisotopic (exact) mass is 326 g/mol. The fraction of sp³-hybridized carbons (Fsp3) is 0.500. The lowest BCUT2D eigenvalue weighted by Gasteiger charge is -2.46. The van der Waals surface area contributed by atoms with Crippen LogP contribution in [0.2, 0.25) is 0 Å². The van der Waals surface area contributed by atoms with E-state index in [0.717, 1.165) is 38.0 Å². The average molecular weight is 326 g/mol. The van der Waals surface area contributed by atoms with E-state index < -0.39 is 5.41 Å².